The maximum atomic E-state index is 17.2. The van der Waals surface area contributed by atoms with Gasteiger partial charge in [0.25, 0.3) is 5.91 Å². The van der Waals surface area contributed by atoms with Gasteiger partial charge in [-0.3, -0.25) is 24.3 Å². The Morgan fingerprint density at radius 2 is 1.72 bits per heavy atom. The molecule has 3 aromatic carbocycles. The number of carbonyl (C=O) groups is 4. The Morgan fingerprint density at radius 3 is 2.43 bits per heavy atom. The number of benzene rings is 3. The van der Waals surface area contributed by atoms with Crippen LogP contribution in [0, 0.1) is 24.0 Å². The van der Waals surface area contributed by atoms with Crippen molar-refractivity contribution in [3.05, 3.63) is 113 Å². The van der Waals surface area contributed by atoms with E-state index in [0.29, 0.717) is 96.5 Å². The highest BCUT2D eigenvalue weighted by Gasteiger charge is 2.51. The summed E-state index contributed by atoms with van der Waals surface area (Å²) < 4.78 is 45.2. The van der Waals surface area contributed by atoms with Crippen molar-refractivity contribution in [3.8, 4) is 29.6 Å². The number of pyridine rings is 1. The number of aldehydes is 1. The first-order valence-electron chi connectivity index (χ1n) is 27.6. The van der Waals surface area contributed by atoms with Crippen LogP contribution in [0.25, 0.3) is 32.9 Å². The van der Waals surface area contributed by atoms with Crippen molar-refractivity contribution in [1.82, 2.24) is 40.7 Å². The summed E-state index contributed by atoms with van der Waals surface area (Å²) in [6.07, 6.45) is 22.0. The number of aryl methyl sites for hydroxylation is 1. The lowest BCUT2D eigenvalue weighted by Gasteiger charge is -2.35. The van der Waals surface area contributed by atoms with Gasteiger partial charge in [-0.15, -0.1) is 13.0 Å². The minimum atomic E-state index is -0.651. The van der Waals surface area contributed by atoms with E-state index in [2.05, 4.69) is 49.8 Å². The van der Waals surface area contributed by atoms with Gasteiger partial charge in [0.15, 0.2) is 12.1 Å². The Bertz CT molecular complexity index is 3010. The molecule has 4 aliphatic heterocycles. The van der Waals surface area contributed by atoms with Crippen molar-refractivity contribution in [3.63, 3.8) is 0 Å². The predicted molar refractivity (Wildman–Crippen MR) is 308 cm³/mol. The number of hydrogen-bond acceptors (Lipinski definition) is 13. The number of nitrogens with zero attached hydrogens (tertiary/aromatic N) is 6. The van der Waals surface area contributed by atoms with Crippen LogP contribution in [0.2, 0.25) is 0 Å². The fourth-order valence-corrected chi connectivity index (χ4v) is 12.0. The van der Waals surface area contributed by atoms with Crippen molar-refractivity contribution >= 4 is 52.4 Å². The van der Waals surface area contributed by atoms with Crippen LogP contribution < -0.4 is 25.6 Å². The third-order valence-corrected chi connectivity index (χ3v) is 15.8. The molecule has 0 saturated carbocycles. The normalized spacial score (nSPS) is 19.6. The van der Waals surface area contributed by atoms with Crippen LogP contribution >= 0.6 is 0 Å². The van der Waals surface area contributed by atoms with Gasteiger partial charge in [-0.2, -0.15) is 9.97 Å². The summed E-state index contributed by atoms with van der Waals surface area (Å²) in [4.78, 5) is 66.3. The van der Waals surface area contributed by atoms with Gasteiger partial charge in [0, 0.05) is 87.6 Å². The van der Waals surface area contributed by atoms with Gasteiger partial charge in [0.05, 0.1) is 34.7 Å². The Labute approximate surface area is 464 Å². The van der Waals surface area contributed by atoms with E-state index < -0.39 is 11.6 Å². The number of amides is 2. The summed E-state index contributed by atoms with van der Waals surface area (Å²) in [6.45, 7) is 14.0. The van der Waals surface area contributed by atoms with Crippen molar-refractivity contribution in [2.75, 3.05) is 72.5 Å². The van der Waals surface area contributed by atoms with E-state index >= 15 is 8.78 Å². The fourth-order valence-electron chi connectivity index (χ4n) is 12.0. The quantitative estimate of drug-likeness (QED) is 0.0246. The zero-order chi connectivity index (χ0) is 56.6. The number of ether oxygens (including phenoxy) is 2. The zero-order valence-electron chi connectivity index (χ0n) is 46.4. The van der Waals surface area contributed by atoms with Crippen LogP contribution in [0.1, 0.15) is 115 Å². The summed E-state index contributed by atoms with van der Waals surface area (Å²) in [6, 6.07) is 14.2. The number of piperazine rings is 1. The molecule has 5 aromatic rings. The van der Waals surface area contributed by atoms with Gasteiger partial charge < -0.3 is 40.0 Å². The molecule has 17 heteroatoms. The molecule has 2 aromatic heterocycles. The number of terminal acetylenes is 1. The number of likely N-dealkylation sites (N-methyl/N-ethyl adjacent to an activating group) is 1. The largest absolute Gasteiger partial charge is 0.461 e. The van der Waals surface area contributed by atoms with E-state index in [1.165, 1.54) is 6.07 Å². The van der Waals surface area contributed by atoms with Crippen LogP contribution in [0.4, 0.5) is 14.6 Å². The predicted octanol–water partition coefficient (Wildman–Crippen LogP) is 8.80. The number of nitrogens with one attached hydrogen (secondary N) is 3. The second kappa shape index (κ2) is 28.3. The molecule has 6 heterocycles. The minimum absolute atomic E-state index is 0.0242. The first kappa shape index (κ1) is 59.7. The van der Waals surface area contributed by atoms with E-state index in [1.54, 1.807) is 55.5 Å². The summed E-state index contributed by atoms with van der Waals surface area (Å²) in [5.74, 6) is 1.49. The van der Waals surface area contributed by atoms with Crippen LogP contribution in [0.3, 0.4) is 0 Å². The van der Waals surface area contributed by atoms with Gasteiger partial charge in [-0.05, 0) is 88.9 Å². The second-order valence-electron chi connectivity index (χ2n) is 21.2. The molecular weight excluding hydrogens is 1000 g/mol. The second-order valence-corrected chi connectivity index (χ2v) is 21.2. The number of hydrogen-bond donors (Lipinski definition) is 3. The summed E-state index contributed by atoms with van der Waals surface area (Å²) in [5.41, 5.74) is 3.01. The highest BCUT2D eigenvalue weighted by molar-refractivity contribution is 6.03. The number of anilines is 1. The summed E-state index contributed by atoms with van der Waals surface area (Å²) in [5, 5.41) is 10.6. The monoisotopic (exact) mass is 1080 g/mol. The number of unbranched alkanes of at least 4 members (excludes halogenated alkanes) is 5. The molecule has 15 nitrogen and oxygen atoms in total. The molecule has 2 amide bonds. The van der Waals surface area contributed by atoms with E-state index in [4.69, 9.17) is 30.7 Å². The molecule has 79 heavy (non-hydrogen) atoms. The fraction of sp³-hybridized carbons (Fsp3) is 0.468. The Morgan fingerprint density at radius 1 is 1.00 bits per heavy atom. The van der Waals surface area contributed by atoms with Gasteiger partial charge in [0.2, 0.25) is 5.91 Å². The molecule has 0 aliphatic carbocycles. The molecule has 420 valence electrons. The van der Waals surface area contributed by atoms with Gasteiger partial charge in [-0.25, -0.2) is 8.78 Å². The van der Waals surface area contributed by atoms with Crippen LogP contribution in [-0.2, 0) is 20.7 Å². The van der Waals surface area contributed by atoms with E-state index in [-0.39, 0.29) is 58.6 Å². The molecular formula is C62H77F2N9O6. The first-order chi connectivity index (χ1) is 38.4. The maximum Gasteiger partial charge on any atom is 0.319 e. The van der Waals surface area contributed by atoms with Gasteiger partial charge in [-0.1, -0.05) is 92.3 Å². The molecule has 0 radical (unpaired) electrons. The van der Waals surface area contributed by atoms with Crippen molar-refractivity contribution in [1.29, 1.82) is 0 Å². The highest BCUT2D eigenvalue weighted by Crippen LogP contribution is 2.45. The molecule has 4 fully saturated rings. The first-order valence-corrected chi connectivity index (χ1v) is 27.6. The lowest BCUT2D eigenvalue weighted by Crippen LogP contribution is -2.51. The molecule has 4 saturated heterocycles. The van der Waals surface area contributed by atoms with Crippen LogP contribution in [0.15, 0.2) is 79.5 Å². The molecule has 5 atom stereocenters. The van der Waals surface area contributed by atoms with Crippen LogP contribution in [0.5, 0.6) is 6.01 Å². The Balaban J connectivity index is 0.00000175. The number of carbonyl (C=O) groups excluding carboxylic acids is 4. The van der Waals surface area contributed by atoms with E-state index in [9.17, 15) is 14.4 Å². The number of halogens is 2. The molecule has 4 aliphatic rings. The summed E-state index contributed by atoms with van der Waals surface area (Å²) in [7, 11) is 7.03. The van der Waals surface area contributed by atoms with Crippen molar-refractivity contribution in [2.24, 2.45) is 0 Å². The molecule has 5 unspecified atom stereocenters. The van der Waals surface area contributed by atoms with Crippen LogP contribution in [-0.4, -0.2) is 147 Å². The highest BCUT2D eigenvalue weighted by atomic mass is 19.1. The van der Waals surface area contributed by atoms with Gasteiger partial charge in [0.1, 0.15) is 36.2 Å². The minimum Gasteiger partial charge on any atom is -0.461 e. The third-order valence-electron chi connectivity index (χ3n) is 15.8. The average Bonchev–Trinajstić information content (AvgIpc) is 4.21. The molecule has 0 spiro atoms. The van der Waals surface area contributed by atoms with E-state index in [0.717, 1.165) is 94.6 Å². The smallest absolute Gasteiger partial charge is 0.319 e. The molecule has 2 bridgehead atoms. The third kappa shape index (κ3) is 13.7. The Hall–Kier alpha value is -6.97. The maximum absolute atomic E-state index is 17.2. The topological polar surface area (TPSA) is 171 Å². The van der Waals surface area contributed by atoms with Gasteiger partial charge >= 0.3 is 6.01 Å². The zero-order valence-corrected chi connectivity index (χ0v) is 46.4. The SMILES string of the molecule is C#Cc1c(F)ccc2cccc(-c3ncc4c(N5CC6CCC(C5)N6)nc(OCC56CCC(COCCCCCCCCc7cccc(C=O)c7C(=O)N(C)C(C=C)CCC(=O)NC)N5CC(=C)C6)nc4c3F)c12.C=O.CNC. The number of aromatic nitrogens is 3. The Kier molecular flexibility index (Phi) is 21.3. The molecule has 3 N–H and O–H groups in total. The van der Waals surface area contributed by atoms with E-state index in [1.807, 2.05) is 39.1 Å². The summed E-state index contributed by atoms with van der Waals surface area (Å²) >= 11 is 0. The standard InChI is InChI=1S/C59H68F2N8O5.C2H7N.CH2O/c1-6-44(24-26-50(71)62-4)67(5)57(72)51-39(17-14-19-41(51)35-70)16-12-10-8-9-11-13-29-73-36-45-27-28-59(30-38(3)32-69(45)59)37-74-58-65-55-48(56(66-58)68-33-42-22-23-43(34-68)64-42)31-63-54(53(55)61)47-20-15-18-40-21-25-49(60)46(7-2)52(40)47;1-3-2;1-2/h2,6,14-15,17-21,25,31,35,42-45,64H,1,3,8-13,16,22-24,26-30,32-34,36-37H2,4-5H3,(H,62,71);3H,1-2H3;1H2. The van der Waals surface area contributed by atoms with Crippen molar-refractivity contribution in [2.45, 2.75) is 120 Å². The number of fused-ring (bicyclic) bond motifs is 5. The lowest BCUT2D eigenvalue weighted by atomic mass is 9.94. The lowest BCUT2D eigenvalue weighted by molar-refractivity contribution is -0.120. The average molecular weight is 1080 g/mol. The molecule has 9 rings (SSSR count). The number of rotatable bonds is 23. The van der Waals surface area contributed by atoms with Crippen molar-refractivity contribution < 1.29 is 37.4 Å².